The van der Waals surface area contributed by atoms with Gasteiger partial charge in [-0.05, 0) is 36.4 Å². The van der Waals surface area contributed by atoms with Crippen LogP contribution in [0, 0.1) is 0 Å². The van der Waals surface area contributed by atoms with E-state index in [0.29, 0.717) is 48.8 Å². The SMILES string of the molecule is NC(=O)c1ccc(NC(=O)CN2CCN(C(=O)c3cc4ccccc4o3)CC2)cc1. The van der Waals surface area contributed by atoms with Crippen LogP contribution in [-0.2, 0) is 4.79 Å². The maximum Gasteiger partial charge on any atom is 0.289 e. The van der Waals surface area contributed by atoms with E-state index in [1.165, 1.54) is 0 Å². The number of para-hydroxylation sites is 1. The highest BCUT2D eigenvalue weighted by Crippen LogP contribution is 2.20. The van der Waals surface area contributed by atoms with Gasteiger partial charge in [0.1, 0.15) is 5.58 Å². The van der Waals surface area contributed by atoms with Crippen molar-refractivity contribution in [3.63, 3.8) is 0 Å². The number of hydrogen-bond donors (Lipinski definition) is 2. The highest BCUT2D eigenvalue weighted by atomic mass is 16.3. The number of nitrogens with two attached hydrogens (primary N) is 1. The fourth-order valence-electron chi connectivity index (χ4n) is 3.47. The van der Waals surface area contributed by atoms with Crippen molar-refractivity contribution in [2.24, 2.45) is 5.73 Å². The number of benzene rings is 2. The number of rotatable bonds is 5. The van der Waals surface area contributed by atoms with Crippen molar-refractivity contribution in [3.8, 4) is 0 Å². The largest absolute Gasteiger partial charge is 0.451 e. The van der Waals surface area contributed by atoms with E-state index in [2.05, 4.69) is 5.32 Å². The molecule has 0 saturated carbocycles. The Balaban J connectivity index is 1.28. The van der Waals surface area contributed by atoms with E-state index in [-0.39, 0.29) is 18.4 Å². The molecule has 0 atom stereocenters. The predicted octanol–water partition coefficient (Wildman–Crippen LogP) is 1.93. The quantitative estimate of drug-likeness (QED) is 0.673. The van der Waals surface area contributed by atoms with Crippen molar-refractivity contribution in [1.82, 2.24) is 9.80 Å². The molecule has 2 heterocycles. The van der Waals surface area contributed by atoms with Gasteiger partial charge < -0.3 is 20.4 Å². The number of fused-ring (bicyclic) bond motifs is 1. The van der Waals surface area contributed by atoms with Crippen LogP contribution in [0.2, 0.25) is 0 Å². The molecule has 1 aliphatic rings. The Morgan fingerprint density at radius 2 is 1.67 bits per heavy atom. The molecule has 3 aromatic rings. The Kier molecular flexibility index (Phi) is 5.49. The van der Waals surface area contributed by atoms with Gasteiger partial charge in [0.15, 0.2) is 5.76 Å². The molecule has 0 spiro atoms. The lowest BCUT2D eigenvalue weighted by atomic mass is 10.2. The van der Waals surface area contributed by atoms with Gasteiger partial charge in [0, 0.05) is 42.8 Å². The molecule has 1 saturated heterocycles. The van der Waals surface area contributed by atoms with Crippen LogP contribution in [0.15, 0.2) is 59.0 Å². The minimum absolute atomic E-state index is 0.134. The summed E-state index contributed by atoms with van der Waals surface area (Å²) in [7, 11) is 0. The molecule has 1 aromatic heterocycles. The molecule has 3 amide bonds. The molecule has 0 aliphatic carbocycles. The fraction of sp³-hybridized carbons (Fsp3) is 0.227. The number of furan rings is 1. The lowest BCUT2D eigenvalue weighted by Crippen LogP contribution is -2.50. The van der Waals surface area contributed by atoms with E-state index in [9.17, 15) is 14.4 Å². The van der Waals surface area contributed by atoms with Crippen LogP contribution in [-0.4, -0.2) is 60.2 Å². The van der Waals surface area contributed by atoms with Gasteiger partial charge in [0.2, 0.25) is 11.8 Å². The molecule has 30 heavy (non-hydrogen) atoms. The van der Waals surface area contributed by atoms with Crippen LogP contribution in [0.3, 0.4) is 0 Å². The van der Waals surface area contributed by atoms with Gasteiger partial charge in [-0.2, -0.15) is 0 Å². The van der Waals surface area contributed by atoms with Gasteiger partial charge in [-0.15, -0.1) is 0 Å². The number of primary amides is 1. The average Bonchev–Trinajstić information content (AvgIpc) is 3.18. The minimum Gasteiger partial charge on any atom is -0.451 e. The summed E-state index contributed by atoms with van der Waals surface area (Å²) in [5.74, 6) is -0.464. The summed E-state index contributed by atoms with van der Waals surface area (Å²) in [5.41, 5.74) is 6.89. The summed E-state index contributed by atoms with van der Waals surface area (Å²) in [4.78, 5) is 39.9. The molecule has 8 heteroatoms. The molecule has 8 nitrogen and oxygen atoms in total. The number of hydrogen-bond acceptors (Lipinski definition) is 5. The third-order valence-electron chi connectivity index (χ3n) is 5.12. The summed E-state index contributed by atoms with van der Waals surface area (Å²) in [6.07, 6.45) is 0. The zero-order valence-electron chi connectivity index (χ0n) is 16.3. The Hall–Kier alpha value is -3.65. The molecule has 3 N–H and O–H groups in total. The van der Waals surface area contributed by atoms with Crippen molar-refractivity contribution in [2.75, 3.05) is 38.0 Å². The third-order valence-corrected chi connectivity index (χ3v) is 5.12. The summed E-state index contributed by atoms with van der Waals surface area (Å²) in [6.45, 7) is 2.47. The van der Waals surface area contributed by atoms with E-state index in [1.54, 1.807) is 35.2 Å². The van der Waals surface area contributed by atoms with Crippen LogP contribution >= 0.6 is 0 Å². The second-order valence-corrected chi connectivity index (χ2v) is 7.21. The Bertz CT molecular complexity index is 1050. The molecular formula is C22H22N4O4. The minimum atomic E-state index is -0.511. The first-order chi connectivity index (χ1) is 14.5. The standard InChI is InChI=1S/C22H22N4O4/c23-21(28)15-5-7-17(8-6-15)24-20(27)14-25-9-11-26(12-10-25)22(29)19-13-16-3-1-2-4-18(16)30-19/h1-8,13H,9-12,14H2,(H2,23,28)(H,24,27). The maximum atomic E-state index is 12.7. The molecule has 0 radical (unpaired) electrons. The van der Waals surface area contributed by atoms with Gasteiger partial charge in [-0.1, -0.05) is 18.2 Å². The van der Waals surface area contributed by atoms with Crippen molar-refractivity contribution >= 4 is 34.4 Å². The molecule has 1 fully saturated rings. The maximum absolute atomic E-state index is 12.7. The monoisotopic (exact) mass is 406 g/mol. The summed E-state index contributed by atoms with van der Waals surface area (Å²) in [5, 5.41) is 3.70. The molecule has 0 unspecified atom stereocenters. The average molecular weight is 406 g/mol. The Labute approximate surface area is 173 Å². The number of nitrogens with one attached hydrogen (secondary N) is 1. The number of carbonyl (C=O) groups excluding carboxylic acids is 3. The van der Waals surface area contributed by atoms with Crippen molar-refractivity contribution in [2.45, 2.75) is 0 Å². The second kappa shape index (κ2) is 8.38. The first-order valence-electron chi connectivity index (χ1n) is 9.69. The summed E-state index contributed by atoms with van der Waals surface area (Å²) >= 11 is 0. The molecule has 0 bridgehead atoms. The number of carbonyl (C=O) groups is 3. The Morgan fingerprint density at radius 3 is 2.33 bits per heavy atom. The number of anilines is 1. The second-order valence-electron chi connectivity index (χ2n) is 7.21. The van der Waals surface area contributed by atoms with E-state index >= 15 is 0 Å². The smallest absolute Gasteiger partial charge is 0.289 e. The lowest BCUT2D eigenvalue weighted by molar-refractivity contribution is -0.117. The van der Waals surface area contributed by atoms with Crippen LogP contribution < -0.4 is 11.1 Å². The van der Waals surface area contributed by atoms with Crippen molar-refractivity contribution < 1.29 is 18.8 Å². The Morgan fingerprint density at radius 1 is 0.967 bits per heavy atom. The van der Waals surface area contributed by atoms with E-state index in [0.717, 1.165) is 5.39 Å². The van der Waals surface area contributed by atoms with Gasteiger partial charge in [-0.3, -0.25) is 19.3 Å². The number of amides is 3. The van der Waals surface area contributed by atoms with Crippen molar-refractivity contribution in [1.29, 1.82) is 0 Å². The summed E-state index contributed by atoms with van der Waals surface area (Å²) in [6, 6.07) is 15.7. The van der Waals surface area contributed by atoms with Crippen LogP contribution in [0.5, 0.6) is 0 Å². The summed E-state index contributed by atoms with van der Waals surface area (Å²) < 4.78 is 5.67. The number of nitrogens with zero attached hydrogens (tertiary/aromatic N) is 2. The molecule has 4 rings (SSSR count). The van der Waals surface area contributed by atoms with Crippen molar-refractivity contribution in [3.05, 3.63) is 65.9 Å². The van der Waals surface area contributed by atoms with Crippen LogP contribution in [0.4, 0.5) is 5.69 Å². The van der Waals surface area contributed by atoms with Gasteiger partial charge in [-0.25, -0.2) is 0 Å². The van der Waals surface area contributed by atoms with Crippen LogP contribution in [0.25, 0.3) is 11.0 Å². The topological polar surface area (TPSA) is 109 Å². The molecular weight excluding hydrogens is 384 g/mol. The predicted molar refractivity (Wildman–Crippen MR) is 112 cm³/mol. The highest BCUT2D eigenvalue weighted by molar-refractivity contribution is 5.96. The van der Waals surface area contributed by atoms with E-state index in [4.69, 9.17) is 10.2 Å². The fourth-order valence-corrected chi connectivity index (χ4v) is 3.47. The first kappa shape index (κ1) is 19.7. The zero-order chi connectivity index (χ0) is 21.1. The molecule has 1 aliphatic heterocycles. The zero-order valence-corrected chi connectivity index (χ0v) is 16.3. The third kappa shape index (κ3) is 4.33. The van der Waals surface area contributed by atoms with E-state index in [1.807, 2.05) is 29.2 Å². The number of piperazine rings is 1. The lowest BCUT2D eigenvalue weighted by Gasteiger charge is -2.33. The normalized spacial score (nSPS) is 14.6. The van der Waals surface area contributed by atoms with Gasteiger partial charge in [0.25, 0.3) is 5.91 Å². The molecule has 2 aromatic carbocycles. The van der Waals surface area contributed by atoms with Gasteiger partial charge in [0.05, 0.1) is 6.54 Å². The van der Waals surface area contributed by atoms with Crippen LogP contribution in [0.1, 0.15) is 20.9 Å². The highest BCUT2D eigenvalue weighted by Gasteiger charge is 2.25. The first-order valence-corrected chi connectivity index (χ1v) is 9.69. The van der Waals surface area contributed by atoms with Gasteiger partial charge >= 0.3 is 0 Å². The van der Waals surface area contributed by atoms with E-state index < -0.39 is 5.91 Å². The molecule has 154 valence electrons.